The molecule has 4 nitrogen and oxygen atoms in total. The van der Waals surface area contributed by atoms with E-state index < -0.39 is 12.1 Å². The monoisotopic (exact) mass is 202 g/mol. The molecule has 0 aliphatic carbocycles. The number of hydrogen-bond donors (Lipinski definition) is 1. The molecule has 76 valence electrons. The van der Waals surface area contributed by atoms with Gasteiger partial charge in [-0.05, 0) is 0 Å². The van der Waals surface area contributed by atoms with Crippen molar-refractivity contribution >= 4 is 12.0 Å². The average Bonchev–Trinajstić information content (AvgIpc) is 2.16. The number of methoxy groups -OCH3 is 1. The van der Waals surface area contributed by atoms with Gasteiger partial charge < -0.3 is 10.5 Å². The Morgan fingerprint density at radius 2 is 2.29 bits per heavy atom. The molecule has 6 heteroatoms. The molecule has 0 aliphatic heterocycles. The zero-order valence-electron chi connectivity index (χ0n) is 7.33. The van der Waals surface area contributed by atoms with Gasteiger partial charge in [-0.2, -0.15) is 0 Å². The first-order chi connectivity index (χ1) is 6.60. The summed E-state index contributed by atoms with van der Waals surface area (Å²) in [6, 6.07) is 1.15. The number of rotatable bonds is 3. The minimum Gasteiger partial charge on any atom is -0.494 e. The van der Waals surface area contributed by atoms with Crippen molar-refractivity contribution in [3.63, 3.8) is 0 Å². The molecule has 1 heterocycles. The highest BCUT2D eigenvalue weighted by molar-refractivity contribution is 5.77. The summed E-state index contributed by atoms with van der Waals surface area (Å²) >= 11 is 0. The average molecular weight is 202 g/mol. The van der Waals surface area contributed by atoms with Crippen molar-refractivity contribution < 1.29 is 18.3 Å². The fourth-order valence-electron chi connectivity index (χ4n) is 0.961. The number of nitrogen functional groups attached to an aromatic ring is 1. The lowest BCUT2D eigenvalue weighted by Gasteiger charge is -2.08. The van der Waals surface area contributed by atoms with Crippen molar-refractivity contribution in [1.29, 1.82) is 0 Å². The van der Waals surface area contributed by atoms with Gasteiger partial charge >= 0.3 is 0 Å². The van der Waals surface area contributed by atoms with Gasteiger partial charge in [0.15, 0.2) is 6.29 Å². The third-order valence-corrected chi connectivity index (χ3v) is 1.61. The second kappa shape index (κ2) is 3.99. The van der Waals surface area contributed by atoms with E-state index in [2.05, 4.69) is 4.98 Å². The smallest absolute Gasteiger partial charge is 0.282 e. The Morgan fingerprint density at radius 3 is 2.71 bits per heavy atom. The predicted molar refractivity (Wildman–Crippen MR) is 45.5 cm³/mol. The summed E-state index contributed by atoms with van der Waals surface area (Å²) in [7, 11) is 1.30. The van der Waals surface area contributed by atoms with Crippen LogP contribution in [0.25, 0.3) is 0 Å². The van der Waals surface area contributed by atoms with E-state index in [-0.39, 0.29) is 17.1 Å². The van der Waals surface area contributed by atoms with Crippen molar-refractivity contribution in [2.75, 3.05) is 12.8 Å². The molecule has 1 aromatic heterocycles. The molecule has 0 aliphatic rings. The Balaban J connectivity index is 3.30. The SMILES string of the molecule is COc1cc(N)c(C(F)F)nc1C=O. The van der Waals surface area contributed by atoms with Crippen LogP contribution in [0.5, 0.6) is 5.75 Å². The van der Waals surface area contributed by atoms with E-state index in [0.29, 0.717) is 6.29 Å². The van der Waals surface area contributed by atoms with Gasteiger partial charge in [-0.3, -0.25) is 4.79 Å². The molecule has 0 fully saturated rings. The highest BCUT2D eigenvalue weighted by Crippen LogP contribution is 2.27. The number of nitrogens with zero attached hydrogens (tertiary/aromatic N) is 1. The largest absolute Gasteiger partial charge is 0.494 e. The van der Waals surface area contributed by atoms with Crippen molar-refractivity contribution in [1.82, 2.24) is 4.98 Å². The van der Waals surface area contributed by atoms with E-state index in [1.54, 1.807) is 0 Å². The molecule has 0 bridgehead atoms. The van der Waals surface area contributed by atoms with E-state index in [4.69, 9.17) is 10.5 Å². The molecule has 0 saturated heterocycles. The molecule has 1 aromatic rings. The number of nitrogens with two attached hydrogens (primary N) is 1. The molecular weight excluding hydrogens is 194 g/mol. The molecule has 0 aromatic carbocycles. The van der Waals surface area contributed by atoms with Crippen LogP contribution in [-0.2, 0) is 0 Å². The number of alkyl halides is 2. The van der Waals surface area contributed by atoms with Crippen LogP contribution in [-0.4, -0.2) is 18.4 Å². The first kappa shape index (κ1) is 10.4. The maximum Gasteiger partial charge on any atom is 0.282 e. The van der Waals surface area contributed by atoms with Crippen LogP contribution in [0.4, 0.5) is 14.5 Å². The van der Waals surface area contributed by atoms with Crippen molar-refractivity contribution in [3.05, 3.63) is 17.5 Å². The molecular formula is C8H8F2N2O2. The summed E-state index contributed by atoms with van der Waals surface area (Å²) < 4.78 is 29.3. The normalized spacial score (nSPS) is 10.3. The van der Waals surface area contributed by atoms with Crippen LogP contribution in [0.2, 0.25) is 0 Å². The Hall–Kier alpha value is -1.72. The molecule has 0 spiro atoms. The number of carbonyl (C=O) groups is 1. The molecule has 1 rings (SSSR count). The lowest BCUT2D eigenvalue weighted by molar-refractivity contribution is 0.111. The number of aromatic nitrogens is 1. The summed E-state index contributed by atoms with van der Waals surface area (Å²) in [5.74, 6) is 0.0851. The van der Waals surface area contributed by atoms with Crippen LogP contribution in [0.1, 0.15) is 22.6 Å². The first-order valence-electron chi connectivity index (χ1n) is 3.68. The van der Waals surface area contributed by atoms with E-state index >= 15 is 0 Å². The van der Waals surface area contributed by atoms with Gasteiger partial charge in [-0.1, -0.05) is 0 Å². The van der Waals surface area contributed by atoms with E-state index in [1.165, 1.54) is 7.11 Å². The Bertz CT molecular complexity index is 355. The number of aldehydes is 1. The zero-order chi connectivity index (χ0) is 10.7. The van der Waals surface area contributed by atoms with Crippen molar-refractivity contribution in [2.45, 2.75) is 6.43 Å². The summed E-state index contributed by atoms with van der Waals surface area (Å²) in [6.07, 6.45) is -2.47. The minimum atomic E-state index is -2.81. The number of anilines is 1. The van der Waals surface area contributed by atoms with Gasteiger partial charge in [0.2, 0.25) is 0 Å². The van der Waals surface area contributed by atoms with Crippen LogP contribution < -0.4 is 10.5 Å². The molecule has 0 unspecified atom stereocenters. The van der Waals surface area contributed by atoms with Crippen LogP contribution in [0.3, 0.4) is 0 Å². The van der Waals surface area contributed by atoms with Gasteiger partial charge in [0, 0.05) is 6.07 Å². The van der Waals surface area contributed by atoms with Gasteiger partial charge in [0.25, 0.3) is 6.43 Å². The molecule has 0 radical (unpaired) electrons. The number of pyridine rings is 1. The van der Waals surface area contributed by atoms with Crippen molar-refractivity contribution in [3.8, 4) is 5.75 Å². The summed E-state index contributed by atoms with van der Waals surface area (Å²) in [5.41, 5.74) is 4.30. The Labute approximate surface area is 78.7 Å². The summed E-state index contributed by atoms with van der Waals surface area (Å²) in [5, 5.41) is 0. The summed E-state index contributed by atoms with van der Waals surface area (Å²) in [6.45, 7) is 0. The first-order valence-corrected chi connectivity index (χ1v) is 3.68. The van der Waals surface area contributed by atoms with E-state index in [1.807, 2.05) is 0 Å². The molecule has 0 amide bonds. The highest BCUT2D eigenvalue weighted by Gasteiger charge is 2.17. The van der Waals surface area contributed by atoms with Gasteiger partial charge in [0.1, 0.15) is 17.1 Å². The Morgan fingerprint density at radius 1 is 1.64 bits per heavy atom. The van der Waals surface area contributed by atoms with Crippen molar-refractivity contribution in [2.24, 2.45) is 0 Å². The number of carbonyl (C=O) groups excluding carboxylic acids is 1. The second-order valence-electron chi connectivity index (χ2n) is 2.47. The molecule has 0 atom stereocenters. The number of halogens is 2. The van der Waals surface area contributed by atoms with Gasteiger partial charge in [0.05, 0.1) is 12.8 Å². The topological polar surface area (TPSA) is 65.2 Å². The van der Waals surface area contributed by atoms with Gasteiger partial charge in [-0.15, -0.1) is 0 Å². The molecule has 14 heavy (non-hydrogen) atoms. The fraction of sp³-hybridized carbons (Fsp3) is 0.250. The highest BCUT2D eigenvalue weighted by atomic mass is 19.3. The van der Waals surface area contributed by atoms with Gasteiger partial charge in [-0.25, -0.2) is 13.8 Å². The lowest BCUT2D eigenvalue weighted by atomic mass is 10.2. The van der Waals surface area contributed by atoms with Crippen LogP contribution in [0, 0.1) is 0 Å². The van der Waals surface area contributed by atoms with Crippen LogP contribution in [0.15, 0.2) is 6.07 Å². The standard InChI is InChI=1S/C8H8F2N2O2/c1-14-6-2-4(11)7(8(9)10)12-5(6)3-13/h2-3,8H,11H2,1H3. The summed E-state index contributed by atoms with van der Waals surface area (Å²) in [4.78, 5) is 13.8. The number of ether oxygens (including phenoxy) is 1. The van der Waals surface area contributed by atoms with E-state index in [9.17, 15) is 13.6 Å². The predicted octanol–water partition coefficient (Wildman–Crippen LogP) is 1.42. The second-order valence-corrected chi connectivity index (χ2v) is 2.47. The maximum atomic E-state index is 12.3. The third-order valence-electron chi connectivity index (χ3n) is 1.61. The Kier molecular flexibility index (Phi) is 2.95. The lowest BCUT2D eigenvalue weighted by Crippen LogP contribution is -2.04. The van der Waals surface area contributed by atoms with Crippen LogP contribution >= 0.6 is 0 Å². The molecule has 0 saturated carbocycles. The van der Waals surface area contributed by atoms with E-state index in [0.717, 1.165) is 6.07 Å². The quantitative estimate of drug-likeness (QED) is 0.753. The maximum absolute atomic E-state index is 12.3. The third kappa shape index (κ3) is 1.78. The molecule has 2 N–H and O–H groups in total. The minimum absolute atomic E-state index is 0.0851. The number of hydrogen-bond acceptors (Lipinski definition) is 4. The fourth-order valence-corrected chi connectivity index (χ4v) is 0.961. The zero-order valence-corrected chi connectivity index (χ0v) is 7.33.